The van der Waals surface area contributed by atoms with Crippen molar-refractivity contribution in [1.29, 1.82) is 0 Å². The zero-order valence-corrected chi connectivity index (χ0v) is 54.9. The van der Waals surface area contributed by atoms with Crippen molar-refractivity contribution in [2.75, 3.05) is 52.9 Å². The first kappa shape index (κ1) is 81.5. The predicted octanol–water partition coefficient (Wildman–Crippen LogP) is -13.4. The lowest BCUT2D eigenvalue weighted by molar-refractivity contribution is -0.402. The first-order valence-electron chi connectivity index (χ1n) is 33.1. The molecule has 9 heterocycles. The molecule has 40 nitrogen and oxygen atoms in total. The average molecular weight is 1450 g/mol. The second-order valence-electron chi connectivity index (χ2n) is 27.0. The maximum Gasteiger partial charge on any atom is 0.187 e. The van der Waals surface area contributed by atoms with Gasteiger partial charge in [0.05, 0.1) is 89.5 Å². The fourth-order valence-corrected chi connectivity index (χ4v) is 13.7. The van der Waals surface area contributed by atoms with Crippen molar-refractivity contribution in [2.24, 2.45) is 23.7 Å². The molecule has 99 heavy (non-hydrogen) atoms. The van der Waals surface area contributed by atoms with Crippen molar-refractivity contribution < 1.29 is 198 Å². The Balaban J connectivity index is 0.985. The molecule has 0 aromatic rings. The number of ether oxygens (including phenoxy) is 17. The smallest absolute Gasteiger partial charge is 0.187 e. The summed E-state index contributed by atoms with van der Waals surface area (Å²) in [5.74, 6) is -4.19. The van der Waals surface area contributed by atoms with E-state index >= 15 is 0 Å². The molecule has 40 heteroatoms. The van der Waals surface area contributed by atoms with Crippen molar-refractivity contribution in [3.8, 4) is 0 Å². The molecule has 9 fully saturated rings. The number of hydrogen-bond donors (Lipinski definition) is 23. The van der Waals surface area contributed by atoms with E-state index in [1.165, 1.54) is 27.7 Å². The van der Waals surface area contributed by atoms with Gasteiger partial charge in [0.1, 0.15) is 165 Å². The minimum Gasteiger partial charge on any atom is -0.394 e. The van der Waals surface area contributed by atoms with Crippen molar-refractivity contribution >= 4 is 0 Å². The van der Waals surface area contributed by atoms with Crippen LogP contribution in [0.5, 0.6) is 0 Å². The Morgan fingerprint density at radius 3 is 0.919 bits per heavy atom. The minimum atomic E-state index is -2.30. The zero-order valence-electron chi connectivity index (χ0n) is 54.9. The van der Waals surface area contributed by atoms with E-state index in [0.717, 1.165) is 0 Å². The van der Waals surface area contributed by atoms with Gasteiger partial charge < -0.3 is 198 Å². The molecule has 9 saturated heterocycles. The van der Waals surface area contributed by atoms with Gasteiger partial charge in [0.15, 0.2) is 50.3 Å². The van der Waals surface area contributed by atoms with Gasteiger partial charge in [-0.1, -0.05) is 27.7 Å². The fraction of sp³-hybridized carbons (Fsp3) is 1.00. The Bertz CT molecular complexity index is 2430. The van der Waals surface area contributed by atoms with Gasteiger partial charge in [-0.05, 0) is 13.8 Å². The predicted molar refractivity (Wildman–Crippen MR) is 312 cm³/mol. The highest BCUT2D eigenvalue weighted by molar-refractivity contribution is 5.01. The molecule has 0 aromatic heterocycles. The quantitative estimate of drug-likeness (QED) is 0.0427. The van der Waals surface area contributed by atoms with E-state index in [0.29, 0.717) is 0 Å². The van der Waals surface area contributed by atoms with Crippen LogP contribution in [0.3, 0.4) is 0 Å². The van der Waals surface area contributed by atoms with Gasteiger partial charge >= 0.3 is 0 Å². The summed E-state index contributed by atoms with van der Waals surface area (Å²) in [6.45, 7) is 1.62. The summed E-state index contributed by atoms with van der Waals surface area (Å²) in [4.78, 5) is 0. The van der Waals surface area contributed by atoms with Gasteiger partial charge in [-0.15, -0.1) is 0 Å². The molecule has 18 unspecified atom stereocenters. The van der Waals surface area contributed by atoms with Crippen molar-refractivity contribution in [2.45, 2.75) is 293 Å². The van der Waals surface area contributed by atoms with Crippen LogP contribution in [0.2, 0.25) is 0 Å². The highest BCUT2D eigenvalue weighted by Gasteiger charge is 2.59. The second kappa shape index (κ2) is 35.0. The molecule has 0 saturated carbocycles. The third-order valence-corrected chi connectivity index (χ3v) is 20.4. The average Bonchev–Trinajstić information content (AvgIpc) is 0.777. The van der Waals surface area contributed by atoms with Gasteiger partial charge in [-0.25, -0.2) is 0 Å². The highest BCUT2D eigenvalue weighted by Crippen LogP contribution is 2.42. The minimum absolute atomic E-state index is 0.517. The highest BCUT2D eigenvalue weighted by atomic mass is 16.8. The Kier molecular flexibility index (Phi) is 28.8. The van der Waals surface area contributed by atoms with Gasteiger partial charge in [-0.3, -0.25) is 0 Å². The van der Waals surface area contributed by atoms with Crippen LogP contribution in [0, 0.1) is 23.7 Å². The van der Waals surface area contributed by atoms with Crippen molar-refractivity contribution in [1.82, 2.24) is 0 Å². The zero-order chi connectivity index (χ0) is 72.7. The van der Waals surface area contributed by atoms with E-state index in [2.05, 4.69) is 0 Å². The van der Waals surface area contributed by atoms with Crippen LogP contribution in [0.25, 0.3) is 0 Å². The molecule has 0 spiro atoms. The summed E-state index contributed by atoms with van der Waals surface area (Å²) in [5.41, 5.74) is 0. The molecule has 9 aliphatic rings. The largest absolute Gasteiger partial charge is 0.394 e. The molecule has 9 aliphatic heterocycles. The van der Waals surface area contributed by atoms with E-state index in [9.17, 15) is 117 Å². The van der Waals surface area contributed by atoms with E-state index in [-0.39, 0.29) is 0 Å². The summed E-state index contributed by atoms with van der Waals surface area (Å²) in [6.07, 6.45) is -71.1. The molecule has 9 rings (SSSR count). The maximum atomic E-state index is 12.5. The number of aliphatic hydroxyl groups excluding tert-OH is 23. The summed E-state index contributed by atoms with van der Waals surface area (Å²) < 4.78 is 102. The van der Waals surface area contributed by atoms with Crippen LogP contribution in [-0.2, 0) is 80.5 Å². The molecule has 0 aromatic carbocycles. The Morgan fingerprint density at radius 1 is 0.202 bits per heavy atom. The first-order valence-corrected chi connectivity index (χ1v) is 33.1. The fourth-order valence-electron chi connectivity index (χ4n) is 13.7. The second-order valence-corrected chi connectivity index (χ2v) is 27.0. The van der Waals surface area contributed by atoms with Crippen LogP contribution >= 0.6 is 0 Å². The molecular formula is C59H102O40. The maximum absolute atomic E-state index is 12.5. The number of rotatable bonds is 24. The van der Waals surface area contributed by atoms with Crippen LogP contribution in [0.1, 0.15) is 41.5 Å². The number of aliphatic hydroxyl groups is 23. The van der Waals surface area contributed by atoms with Gasteiger partial charge in [0.25, 0.3) is 0 Å². The third-order valence-electron chi connectivity index (χ3n) is 20.4. The summed E-state index contributed by atoms with van der Waals surface area (Å²) in [6, 6.07) is 0. The molecule has 0 aliphatic carbocycles. The molecule has 0 bridgehead atoms. The topological polar surface area (TPSA) is 622 Å². The van der Waals surface area contributed by atoms with Crippen molar-refractivity contribution in [3.63, 3.8) is 0 Å². The normalized spacial score (nSPS) is 54.1. The molecule has 0 radical (unpaired) electrons. The van der Waals surface area contributed by atoms with Crippen molar-refractivity contribution in [3.05, 3.63) is 0 Å². The third kappa shape index (κ3) is 16.9. The lowest BCUT2D eigenvalue weighted by Crippen LogP contribution is -2.68. The Hall–Kier alpha value is -1.60. The van der Waals surface area contributed by atoms with Crippen LogP contribution in [-0.4, -0.2) is 422 Å². The molecule has 0 amide bonds. The van der Waals surface area contributed by atoms with E-state index < -0.39 is 328 Å². The molecular weight excluding hydrogens is 1350 g/mol. The van der Waals surface area contributed by atoms with E-state index in [1.54, 1.807) is 13.8 Å². The summed E-state index contributed by atoms with van der Waals surface area (Å²) >= 11 is 0. The molecule has 23 N–H and O–H groups in total. The van der Waals surface area contributed by atoms with E-state index in [4.69, 9.17) is 80.5 Å². The van der Waals surface area contributed by atoms with Gasteiger partial charge in [0, 0.05) is 23.7 Å². The SMILES string of the molecule is CC1C(O)[C@H](O[C@@H]2OC(CO)[C@H](O)C(O)[C@@H]2O)[C@H](CO)O[C@H]1O[C@@H]1C(O)[C@H](O)C(CO)O[C@@H]1OCC1O[C@@H](O[C@@H]2C(CO)O[C@@H](O[C@@H]3C(CO)O[C@@H](C)[C@@H](C)C3O)C(C)[C@H]2O)[C@H](O)C(O[C@H]2O[C@H](CO)[C@@H](O)C(O)C2O[C@@H]2OC(CO)[C@@H](O[C@@H]3OC(C)[C@H](O)C(O)[C@@H]3O)C(O)[C@@H]2C)[C@@H]1O. The van der Waals surface area contributed by atoms with Gasteiger partial charge in [0.2, 0.25) is 0 Å². The summed E-state index contributed by atoms with van der Waals surface area (Å²) in [7, 11) is 0. The Labute approximate surface area is 566 Å². The van der Waals surface area contributed by atoms with Gasteiger partial charge in [-0.2, -0.15) is 0 Å². The summed E-state index contributed by atoms with van der Waals surface area (Å²) in [5, 5.41) is 253. The lowest BCUT2D eigenvalue weighted by atomic mass is 9.88. The Morgan fingerprint density at radius 2 is 0.495 bits per heavy atom. The van der Waals surface area contributed by atoms with Crippen LogP contribution < -0.4 is 0 Å². The molecule has 578 valence electrons. The monoisotopic (exact) mass is 1450 g/mol. The first-order chi connectivity index (χ1) is 46.9. The molecule has 45 atom stereocenters. The van der Waals surface area contributed by atoms with E-state index in [1.807, 2.05) is 0 Å². The number of hydrogen-bond acceptors (Lipinski definition) is 40. The van der Waals surface area contributed by atoms with Crippen LogP contribution in [0.15, 0.2) is 0 Å². The lowest BCUT2D eigenvalue weighted by Gasteiger charge is -2.51. The van der Waals surface area contributed by atoms with Crippen LogP contribution in [0.4, 0.5) is 0 Å². The standard InChI is InChI=1S/C59H102O40/c1-15-19(5)84-24(10-63)45(29(15)67)93-52-16(2)30(68)48(27(13-66)89-52)96-57-44(82)49(97-59-51(41(79)36(74)23(9-62)88-59)99-54-18(4)31(69)46(25(11-64)91-54)94-55-42(80)38(76)33(71)20(6)85-55)37(75)28(92-57)14-83-58-50(40(78)35(73)22(8-61)87-58)98-53-17(3)32(70)47(26(12-65)90-53)95-56-43(81)39(77)34(72)21(7-60)86-56/h15-82H,7-14H2,1-6H3/t15-,16?,17?,18+,19+,20?,21?,22?,23-,24?,25?,26+,27?,28?,29?,30-,31?,32?,33+,34+,35-,36-,37-,38?,39?,40?,41?,42+,43+,44-,45-,46-,47-,48-,49?,50-,51?,52+,53+,54+,55+,56+,57+,58+,59-/m1/s1.